The number of fused-ring (bicyclic) bond motifs is 3. The molecule has 2 aliphatic heterocycles. The largest absolute Gasteiger partial charge is 0.493 e. The first-order valence-electron chi connectivity index (χ1n) is 10.5. The van der Waals surface area contributed by atoms with Crippen molar-refractivity contribution in [1.82, 2.24) is 14.5 Å². The Morgan fingerprint density at radius 2 is 1.72 bits per heavy atom. The monoisotopic (exact) mass is 398 g/mol. The van der Waals surface area contributed by atoms with E-state index in [1.807, 2.05) is 18.2 Å². The number of aromatic nitrogens is 2. The van der Waals surface area contributed by atoms with Gasteiger partial charge in [0.25, 0.3) is 0 Å². The molecule has 0 bridgehead atoms. The van der Waals surface area contributed by atoms with Crippen LogP contribution in [0.5, 0.6) is 11.5 Å². The molecule has 0 atom stereocenters. The molecular formula is C22H30N4O3. The average Bonchev–Trinajstić information content (AvgIpc) is 3.01. The van der Waals surface area contributed by atoms with E-state index in [2.05, 4.69) is 15.2 Å². The number of ether oxygens (including phenoxy) is 2. The Hall–Kier alpha value is -2.54. The average molecular weight is 399 g/mol. The first-order chi connectivity index (χ1) is 14.2. The maximum atomic E-state index is 12.6. The third-order valence-corrected chi connectivity index (χ3v) is 5.93. The molecule has 0 unspecified atom stereocenters. The quantitative estimate of drug-likeness (QED) is 0.807. The lowest BCUT2D eigenvalue weighted by Crippen LogP contribution is -2.32. The van der Waals surface area contributed by atoms with Crippen molar-refractivity contribution >= 4 is 5.82 Å². The molecule has 1 fully saturated rings. The number of likely N-dealkylation sites (tertiary alicyclic amines) is 1. The van der Waals surface area contributed by atoms with Crippen LogP contribution in [0.4, 0.5) is 5.82 Å². The number of anilines is 1. The number of rotatable bonds is 6. The second-order valence-corrected chi connectivity index (χ2v) is 7.76. The highest BCUT2D eigenvalue weighted by atomic mass is 16.5. The Morgan fingerprint density at radius 1 is 1.00 bits per heavy atom. The van der Waals surface area contributed by atoms with Gasteiger partial charge in [0.1, 0.15) is 5.82 Å². The molecule has 1 aromatic carbocycles. The van der Waals surface area contributed by atoms with Crippen LogP contribution in [-0.2, 0) is 13.0 Å². The summed E-state index contributed by atoms with van der Waals surface area (Å²) in [6, 6.07) is 5.95. The summed E-state index contributed by atoms with van der Waals surface area (Å²) in [4.78, 5) is 19.4. The van der Waals surface area contributed by atoms with Gasteiger partial charge in [0.05, 0.1) is 19.9 Å². The van der Waals surface area contributed by atoms with Crippen LogP contribution in [0.15, 0.2) is 23.0 Å². The Bertz CT molecular complexity index is 917. The van der Waals surface area contributed by atoms with Gasteiger partial charge < -0.3 is 19.7 Å². The van der Waals surface area contributed by atoms with Crippen LogP contribution < -0.4 is 20.5 Å². The fourth-order valence-corrected chi connectivity index (χ4v) is 4.34. The van der Waals surface area contributed by atoms with Gasteiger partial charge in [0.15, 0.2) is 11.5 Å². The molecule has 7 heteroatoms. The molecule has 1 saturated heterocycles. The predicted molar refractivity (Wildman–Crippen MR) is 114 cm³/mol. The molecule has 7 nitrogen and oxygen atoms in total. The van der Waals surface area contributed by atoms with E-state index in [0.29, 0.717) is 23.9 Å². The minimum atomic E-state index is -0.208. The molecule has 29 heavy (non-hydrogen) atoms. The summed E-state index contributed by atoms with van der Waals surface area (Å²) in [5.74, 6) is 2.02. The SMILES string of the molecule is COc1cc2c(cc1OC)-c1cc(NCCN3CCCCCC3)nc(=O)n1CC2. The molecule has 2 aliphatic rings. The van der Waals surface area contributed by atoms with Crippen LogP contribution in [0.1, 0.15) is 31.2 Å². The number of hydrogen-bond acceptors (Lipinski definition) is 6. The highest BCUT2D eigenvalue weighted by Gasteiger charge is 2.21. The van der Waals surface area contributed by atoms with E-state index < -0.39 is 0 Å². The van der Waals surface area contributed by atoms with Crippen molar-refractivity contribution in [2.45, 2.75) is 38.6 Å². The van der Waals surface area contributed by atoms with Crippen LogP contribution in [-0.4, -0.2) is 54.8 Å². The summed E-state index contributed by atoms with van der Waals surface area (Å²) < 4.78 is 12.6. The molecule has 0 amide bonds. The van der Waals surface area contributed by atoms with Gasteiger partial charge in [0, 0.05) is 31.3 Å². The Kier molecular flexibility index (Phi) is 6.04. The number of hydrogen-bond donors (Lipinski definition) is 1. The molecule has 2 aromatic rings. The summed E-state index contributed by atoms with van der Waals surface area (Å²) in [6.45, 7) is 4.71. The van der Waals surface area contributed by atoms with E-state index in [-0.39, 0.29) is 5.69 Å². The lowest BCUT2D eigenvalue weighted by Gasteiger charge is -2.24. The van der Waals surface area contributed by atoms with Crippen molar-refractivity contribution in [3.8, 4) is 22.8 Å². The fraction of sp³-hybridized carbons (Fsp3) is 0.545. The summed E-state index contributed by atoms with van der Waals surface area (Å²) in [6.07, 6.45) is 5.99. The zero-order valence-corrected chi connectivity index (χ0v) is 17.4. The van der Waals surface area contributed by atoms with Crippen LogP contribution in [0.2, 0.25) is 0 Å². The lowest BCUT2D eigenvalue weighted by atomic mass is 9.97. The van der Waals surface area contributed by atoms with Crippen molar-refractivity contribution < 1.29 is 9.47 Å². The highest BCUT2D eigenvalue weighted by molar-refractivity contribution is 5.71. The number of nitrogens with zero attached hydrogens (tertiary/aromatic N) is 3. The molecule has 156 valence electrons. The van der Waals surface area contributed by atoms with Crippen LogP contribution >= 0.6 is 0 Å². The number of nitrogens with one attached hydrogen (secondary N) is 1. The Labute approximate surface area is 171 Å². The molecule has 1 aromatic heterocycles. The second kappa shape index (κ2) is 8.86. The third kappa shape index (κ3) is 4.24. The zero-order chi connectivity index (χ0) is 20.2. The molecule has 1 N–H and O–H groups in total. The van der Waals surface area contributed by atoms with Crippen LogP contribution in [0.25, 0.3) is 11.3 Å². The van der Waals surface area contributed by atoms with Gasteiger partial charge in [-0.3, -0.25) is 4.57 Å². The number of aryl methyl sites for hydroxylation is 1. The summed E-state index contributed by atoms with van der Waals surface area (Å²) in [7, 11) is 3.27. The first-order valence-corrected chi connectivity index (χ1v) is 10.5. The third-order valence-electron chi connectivity index (χ3n) is 5.93. The first kappa shape index (κ1) is 19.8. The predicted octanol–water partition coefficient (Wildman–Crippen LogP) is 2.77. The van der Waals surface area contributed by atoms with Gasteiger partial charge in [-0.15, -0.1) is 0 Å². The van der Waals surface area contributed by atoms with Crippen LogP contribution in [0, 0.1) is 0 Å². The summed E-state index contributed by atoms with van der Waals surface area (Å²) in [5, 5.41) is 3.36. The number of benzene rings is 1. The number of methoxy groups -OCH3 is 2. The van der Waals surface area contributed by atoms with Crippen molar-refractivity contribution in [3.63, 3.8) is 0 Å². The highest BCUT2D eigenvalue weighted by Crippen LogP contribution is 2.38. The maximum absolute atomic E-state index is 12.6. The van der Waals surface area contributed by atoms with Gasteiger partial charge in [-0.05, 0) is 50.0 Å². The second-order valence-electron chi connectivity index (χ2n) is 7.76. The topological polar surface area (TPSA) is 68.6 Å². The molecule has 3 heterocycles. The van der Waals surface area contributed by atoms with E-state index in [1.54, 1.807) is 18.8 Å². The fourth-order valence-electron chi connectivity index (χ4n) is 4.34. The molecule has 0 aliphatic carbocycles. The van der Waals surface area contributed by atoms with E-state index in [0.717, 1.165) is 49.4 Å². The van der Waals surface area contributed by atoms with E-state index >= 15 is 0 Å². The summed E-state index contributed by atoms with van der Waals surface area (Å²) >= 11 is 0. The van der Waals surface area contributed by atoms with Gasteiger partial charge in [-0.25, -0.2) is 4.79 Å². The van der Waals surface area contributed by atoms with Crippen molar-refractivity contribution in [1.29, 1.82) is 0 Å². The standard InChI is InChI=1S/C22H30N4O3/c1-28-19-13-16-7-11-26-18(17(16)14-20(19)29-2)15-21(24-22(26)27)23-8-12-25-9-5-3-4-6-10-25/h13-15H,3-12H2,1-2H3,(H,23,24,27). The van der Waals surface area contributed by atoms with E-state index in [9.17, 15) is 4.79 Å². The van der Waals surface area contributed by atoms with Gasteiger partial charge in [0.2, 0.25) is 0 Å². The maximum Gasteiger partial charge on any atom is 0.349 e. The molecule has 0 saturated carbocycles. The van der Waals surface area contributed by atoms with Crippen molar-refractivity contribution in [2.75, 3.05) is 45.7 Å². The van der Waals surface area contributed by atoms with Gasteiger partial charge >= 0.3 is 5.69 Å². The molecule has 4 rings (SSSR count). The van der Waals surface area contributed by atoms with Gasteiger partial charge in [-0.2, -0.15) is 4.98 Å². The van der Waals surface area contributed by atoms with Crippen LogP contribution in [0.3, 0.4) is 0 Å². The molecule has 0 spiro atoms. The summed E-state index contributed by atoms with van der Waals surface area (Å²) in [5.41, 5.74) is 2.83. The minimum Gasteiger partial charge on any atom is -0.493 e. The Balaban J connectivity index is 1.56. The lowest BCUT2D eigenvalue weighted by molar-refractivity contribution is 0.296. The zero-order valence-electron chi connectivity index (χ0n) is 17.4. The smallest absolute Gasteiger partial charge is 0.349 e. The molecule has 0 radical (unpaired) electrons. The normalized spacial score (nSPS) is 16.5. The molecular weight excluding hydrogens is 368 g/mol. The van der Waals surface area contributed by atoms with E-state index in [1.165, 1.54) is 25.7 Å². The van der Waals surface area contributed by atoms with Crippen molar-refractivity contribution in [3.05, 3.63) is 34.2 Å². The van der Waals surface area contributed by atoms with Crippen molar-refractivity contribution in [2.24, 2.45) is 0 Å². The van der Waals surface area contributed by atoms with Gasteiger partial charge in [-0.1, -0.05) is 12.8 Å². The minimum absolute atomic E-state index is 0.208. The Morgan fingerprint density at radius 3 is 2.45 bits per heavy atom. The van der Waals surface area contributed by atoms with E-state index in [4.69, 9.17) is 9.47 Å².